The Morgan fingerprint density at radius 2 is 2.40 bits per heavy atom. The molecule has 0 aliphatic carbocycles. The molecule has 0 atom stereocenters. The topological polar surface area (TPSA) is 4.93 Å². The Hall–Kier alpha value is -0.310. The van der Waals surface area contributed by atoms with E-state index in [1.807, 2.05) is 22.9 Å². The minimum Gasteiger partial charge on any atom is -0.342 e. The maximum absolute atomic E-state index is 11.7. The zero-order chi connectivity index (χ0) is 7.40. The molecule has 0 spiro atoms. The first-order valence-electron chi connectivity index (χ1n) is 3.21. The Labute approximate surface area is 68.0 Å². The van der Waals surface area contributed by atoms with E-state index in [-0.39, 0.29) is 6.67 Å². The van der Waals surface area contributed by atoms with E-state index in [2.05, 4.69) is 15.9 Å². The van der Waals surface area contributed by atoms with Gasteiger partial charge in [0.05, 0.1) is 11.3 Å². The van der Waals surface area contributed by atoms with Gasteiger partial charge in [-0.3, -0.25) is 4.39 Å². The minimum absolute atomic E-state index is 0.245. The van der Waals surface area contributed by atoms with Crippen LogP contribution in [0.3, 0.4) is 0 Å². The normalized spacial score (nSPS) is 10.2. The quantitative estimate of drug-likeness (QED) is 0.716. The lowest BCUT2D eigenvalue weighted by atomic mass is 10.5. The highest BCUT2D eigenvalue weighted by atomic mass is 79.9. The standard InChI is InChI=1S/C7H9BrFN/c8-7-3-1-5-10(7)6-2-4-9/h1,3,5H,2,4,6H2. The van der Waals surface area contributed by atoms with Gasteiger partial charge in [-0.1, -0.05) is 0 Å². The second-order valence-electron chi connectivity index (χ2n) is 2.07. The molecule has 0 amide bonds. The molecule has 0 bridgehead atoms. The van der Waals surface area contributed by atoms with Gasteiger partial charge in [0.2, 0.25) is 0 Å². The van der Waals surface area contributed by atoms with Gasteiger partial charge in [0, 0.05) is 12.7 Å². The molecule has 1 aromatic rings. The first-order valence-corrected chi connectivity index (χ1v) is 4.00. The van der Waals surface area contributed by atoms with E-state index in [0.29, 0.717) is 6.42 Å². The third kappa shape index (κ3) is 1.84. The average molecular weight is 206 g/mol. The summed E-state index contributed by atoms with van der Waals surface area (Å²) in [5.41, 5.74) is 0. The van der Waals surface area contributed by atoms with Crippen LogP contribution in [0.5, 0.6) is 0 Å². The molecule has 0 unspecified atom stereocenters. The second kappa shape index (κ2) is 3.76. The summed E-state index contributed by atoms with van der Waals surface area (Å²) in [7, 11) is 0. The maximum atomic E-state index is 11.7. The van der Waals surface area contributed by atoms with Crippen LogP contribution < -0.4 is 0 Å². The van der Waals surface area contributed by atoms with Crippen molar-refractivity contribution < 1.29 is 4.39 Å². The third-order valence-corrected chi connectivity index (χ3v) is 2.03. The van der Waals surface area contributed by atoms with Crippen molar-refractivity contribution in [1.29, 1.82) is 0 Å². The highest BCUT2D eigenvalue weighted by Crippen LogP contribution is 2.10. The van der Waals surface area contributed by atoms with Gasteiger partial charge in [0.15, 0.2) is 0 Å². The lowest BCUT2D eigenvalue weighted by molar-refractivity contribution is 0.445. The van der Waals surface area contributed by atoms with Crippen molar-refractivity contribution in [1.82, 2.24) is 4.57 Å². The molecule has 0 aliphatic heterocycles. The van der Waals surface area contributed by atoms with Crippen LogP contribution in [-0.4, -0.2) is 11.2 Å². The lowest BCUT2D eigenvalue weighted by Gasteiger charge is -2.00. The smallest absolute Gasteiger partial charge is 0.0911 e. The molecule has 0 N–H and O–H groups in total. The van der Waals surface area contributed by atoms with Crippen LogP contribution in [0.15, 0.2) is 22.9 Å². The summed E-state index contributed by atoms with van der Waals surface area (Å²) in [5.74, 6) is 0. The van der Waals surface area contributed by atoms with E-state index in [1.165, 1.54) is 0 Å². The van der Waals surface area contributed by atoms with E-state index < -0.39 is 0 Å². The van der Waals surface area contributed by atoms with E-state index in [4.69, 9.17) is 0 Å². The molecule has 0 aromatic carbocycles. The molecule has 0 aliphatic rings. The van der Waals surface area contributed by atoms with Crippen molar-refractivity contribution in [3.8, 4) is 0 Å². The van der Waals surface area contributed by atoms with Crippen molar-refractivity contribution in [2.75, 3.05) is 6.67 Å². The van der Waals surface area contributed by atoms with Gasteiger partial charge in [-0.15, -0.1) is 0 Å². The number of alkyl halides is 1. The molecule has 0 radical (unpaired) electrons. The first-order chi connectivity index (χ1) is 4.84. The molecule has 1 aromatic heterocycles. The molecule has 0 saturated carbocycles. The molecule has 56 valence electrons. The highest BCUT2D eigenvalue weighted by Gasteiger charge is 1.94. The maximum Gasteiger partial charge on any atom is 0.0911 e. The fourth-order valence-corrected chi connectivity index (χ4v) is 1.25. The van der Waals surface area contributed by atoms with Gasteiger partial charge in [-0.25, -0.2) is 0 Å². The van der Waals surface area contributed by atoms with Crippen molar-refractivity contribution in [2.45, 2.75) is 13.0 Å². The Balaban J connectivity index is 2.49. The molecule has 10 heavy (non-hydrogen) atoms. The molecule has 1 nitrogen and oxygen atoms in total. The van der Waals surface area contributed by atoms with Gasteiger partial charge in [-0.05, 0) is 34.5 Å². The summed E-state index contributed by atoms with van der Waals surface area (Å²) in [5, 5.41) is 0. The van der Waals surface area contributed by atoms with E-state index in [9.17, 15) is 4.39 Å². The van der Waals surface area contributed by atoms with Gasteiger partial charge < -0.3 is 4.57 Å². The number of rotatable bonds is 3. The zero-order valence-corrected chi connectivity index (χ0v) is 7.14. The van der Waals surface area contributed by atoms with E-state index in [0.717, 1.165) is 11.1 Å². The summed E-state index contributed by atoms with van der Waals surface area (Å²) in [6.45, 7) is 0.509. The van der Waals surface area contributed by atoms with Crippen molar-refractivity contribution in [3.05, 3.63) is 22.9 Å². The molecule has 0 saturated heterocycles. The molecular weight excluding hydrogens is 197 g/mol. The fraction of sp³-hybridized carbons (Fsp3) is 0.429. The second-order valence-corrected chi connectivity index (χ2v) is 2.88. The van der Waals surface area contributed by atoms with Crippen LogP contribution in [-0.2, 0) is 6.54 Å². The number of aryl methyl sites for hydroxylation is 1. The summed E-state index contributed by atoms with van der Waals surface area (Å²) in [6, 6.07) is 3.88. The van der Waals surface area contributed by atoms with E-state index >= 15 is 0 Å². The zero-order valence-electron chi connectivity index (χ0n) is 5.56. The SMILES string of the molecule is FCCCn1cccc1Br. The monoisotopic (exact) mass is 205 g/mol. The predicted octanol–water partition coefficient (Wildman–Crippen LogP) is 2.61. The lowest BCUT2D eigenvalue weighted by Crippen LogP contribution is -1.96. The van der Waals surface area contributed by atoms with Crippen molar-refractivity contribution in [2.24, 2.45) is 0 Å². The van der Waals surface area contributed by atoms with Gasteiger partial charge >= 0.3 is 0 Å². The summed E-state index contributed by atoms with van der Waals surface area (Å²) >= 11 is 3.34. The van der Waals surface area contributed by atoms with Gasteiger partial charge in [0.25, 0.3) is 0 Å². The fourth-order valence-electron chi connectivity index (χ4n) is 0.805. The Kier molecular flexibility index (Phi) is 2.93. The first kappa shape index (κ1) is 7.79. The van der Waals surface area contributed by atoms with Crippen molar-refractivity contribution >= 4 is 15.9 Å². The molecule has 3 heteroatoms. The minimum atomic E-state index is -0.245. The number of halogens is 2. The number of hydrogen-bond acceptors (Lipinski definition) is 0. The molecular formula is C7H9BrFN. The van der Waals surface area contributed by atoms with Gasteiger partial charge in [-0.2, -0.15) is 0 Å². The molecule has 1 heterocycles. The molecule has 1 rings (SSSR count). The Morgan fingerprint density at radius 3 is 2.90 bits per heavy atom. The van der Waals surface area contributed by atoms with Gasteiger partial charge in [0.1, 0.15) is 0 Å². The largest absolute Gasteiger partial charge is 0.342 e. The number of nitrogens with zero attached hydrogens (tertiary/aromatic N) is 1. The molecule has 0 fully saturated rings. The van der Waals surface area contributed by atoms with Crippen LogP contribution in [0.1, 0.15) is 6.42 Å². The average Bonchev–Trinajstić information content (AvgIpc) is 2.31. The summed E-state index contributed by atoms with van der Waals surface area (Å²) in [4.78, 5) is 0. The Bertz CT molecular complexity index is 197. The summed E-state index contributed by atoms with van der Waals surface area (Å²) < 4.78 is 14.7. The van der Waals surface area contributed by atoms with E-state index in [1.54, 1.807) is 0 Å². The van der Waals surface area contributed by atoms with Crippen molar-refractivity contribution in [3.63, 3.8) is 0 Å². The number of aromatic nitrogens is 1. The predicted molar refractivity (Wildman–Crippen MR) is 42.7 cm³/mol. The summed E-state index contributed by atoms with van der Waals surface area (Å²) in [6.07, 6.45) is 2.52. The van der Waals surface area contributed by atoms with Crippen LogP contribution in [0.25, 0.3) is 0 Å². The van der Waals surface area contributed by atoms with Crippen LogP contribution in [0.4, 0.5) is 4.39 Å². The highest BCUT2D eigenvalue weighted by molar-refractivity contribution is 9.10. The van der Waals surface area contributed by atoms with Crippen LogP contribution in [0, 0.1) is 0 Å². The van der Waals surface area contributed by atoms with Crippen LogP contribution >= 0.6 is 15.9 Å². The number of hydrogen-bond donors (Lipinski definition) is 0. The van der Waals surface area contributed by atoms with Crippen LogP contribution in [0.2, 0.25) is 0 Å². The third-order valence-electron chi connectivity index (χ3n) is 1.31. The Morgan fingerprint density at radius 1 is 1.60 bits per heavy atom.